The van der Waals surface area contributed by atoms with Gasteiger partial charge in [-0.15, -0.1) is 0 Å². The van der Waals surface area contributed by atoms with Gasteiger partial charge in [-0.1, -0.05) is 78.4 Å². The standard InChI is InChI=1S/C34H41BrN2O5S2/c1-24-8-6-7-11-29(24)31-22-26(12-17-30(31)33(38)36-32(34(39)40)19-21-43-2)23-37(20-18-25-9-4-3-5-10-25)44(41,42)28-15-13-27(35)14-16-28/h6-8,11-17,22,25,32H,3-5,9-10,18-21,23H2,1-2H3,(H,36,38)(H,39,40)/t32-/m0/s1. The highest BCUT2D eigenvalue weighted by Crippen LogP contribution is 2.31. The van der Waals surface area contributed by atoms with Gasteiger partial charge in [-0.3, -0.25) is 4.79 Å². The van der Waals surface area contributed by atoms with Gasteiger partial charge in [0.1, 0.15) is 6.04 Å². The van der Waals surface area contributed by atoms with Gasteiger partial charge in [0.2, 0.25) is 10.0 Å². The predicted octanol–water partition coefficient (Wildman–Crippen LogP) is 7.52. The third-order valence-corrected chi connectivity index (χ3v) is 11.3. The van der Waals surface area contributed by atoms with Crippen molar-refractivity contribution in [3.63, 3.8) is 0 Å². The number of nitrogens with one attached hydrogen (secondary N) is 1. The highest BCUT2D eigenvalue weighted by Gasteiger charge is 2.28. The van der Waals surface area contributed by atoms with Gasteiger partial charge in [-0.25, -0.2) is 13.2 Å². The van der Waals surface area contributed by atoms with E-state index in [9.17, 15) is 23.1 Å². The molecule has 1 aliphatic carbocycles. The van der Waals surface area contributed by atoms with Gasteiger partial charge in [0.25, 0.3) is 5.91 Å². The van der Waals surface area contributed by atoms with E-state index in [-0.39, 0.29) is 11.4 Å². The van der Waals surface area contributed by atoms with Crippen LogP contribution in [-0.2, 0) is 21.4 Å². The number of thioether (sulfide) groups is 1. The van der Waals surface area contributed by atoms with Crippen LogP contribution in [0.1, 0.15) is 66.4 Å². The first kappa shape index (κ1) is 34.2. The number of aryl methyl sites for hydroxylation is 1. The van der Waals surface area contributed by atoms with Crippen molar-refractivity contribution in [2.45, 2.75) is 69.4 Å². The van der Waals surface area contributed by atoms with Crippen molar-refractivity contribution >= 4 is 49.6 Å². The molecule has 4 rings (SSSR count). The van der Waals surface area contributed by atoms with Crippen molar-refractivity contribution in [2.24, 2.45) is 5.92 Å². The first-order valence-corrected chi connectivity index (χ1v) is 18.7. The van der Waals surface area contributed by atoms with Crippen LogP contribution in [0, 0.1) is 12.8 Å². The molecule has 0 bridgehead atoms. The van der Waals surface area contributed by atoms with Crippen LogP contribution in [0.4, 0.5) is 0 Å². The largest absolute Gasteiger partial charge is 0.480 e. The Morgan fingerprint density at radius 1 is 1.02 bits per heavy atom. The molecule has 2 N–H and O–H groups in total. The summed E-state index contributed by atoms with van der Waals surface area (Å²) in [4.78, 5) is 25.6. The van der Waals surface area contributed by atoms with E-state index in [2.05, 4.69) is 21.2 Å². The summed E-state index contributed by atoms with van der Waals surface area (Å²) in [6.45, 7) is 2.51. The number of sulfonamides is 1. The molecule has 1 atom stereocenters. The van der Waals surface area contributed by atoms with E-state index in [4.69, 9.17) is 0 Å². The lowest BCUT2D eigenvalue weighted by Crippen LogP contribution is -2.41. The molecule has 3 aromatic carbocycles. The average Bonchev–Trinajstić information content (AvgIpc) is 3.01. The molecule has 0 aromatic heterocycles. The third-order valence-electron chi connectivity index (χ3n) is 8.30. The number of hydrogen-bond acceptors (Lipinski definition) is 5. The minimum absolute atomic E-state index is 0.150. The van der Waals surface area contributed by atoms with Crippen molar-refractivity contribution < 1.29 is 23.1 Å². The van der Waals surface area contributed by atoms with Gasteiger partial charge in [0.15, 0.2) is 0 Å². The third kappa shape index (κ3) is 8.96. The summed E-state index contributed by atoms with van der Waals surface area (Å²) < 4.78 is 30.3. The molecular formula is C34H41BrN2O5S2. The maximum Gasteiger partial charge on any atom is 0.326 e. The highest BCUT2D eigenvalue weighted by molar-refractivity contribution is 9.10. The summed E-state index contributed by atoms with van der Waals surface area (Å²) in [5.74, 6) is -0.439. The Morgan fingerprint density at radius 3 is 2.39 bits per heavy atom. The summed E-state index contributed by atoms with van der Waals surface area (Å²) in [6.07, 6.45) is 8.87. The molecule has 1 saturated carbocycles. The molecule has 0 saturated heterocycles. The lowest BCUT2D eigenvalue weighted by molar-refractivity contribution is -0.139. The van der Waals surface area contributed by atoms with Gasteiger partial charge in [-0.2, -0.15) is 16.1 Å². The number of amides is 1. The van der Waals surface area contributed by atoms with Crippen LogP contribution in [0.2, 0.25) is 0 Å². The van der Waals surface area contributed by atoms with Gasteiger partial charge in [-0.05, 0) is 96.3 Å². The summed E-state index contributed by atoms with van der Waals surface area (Å²) in [7, 11) is -3.80. The van der Waals surface area contributed by atoms with Gasteiger partial charge in [0, 0.05) is 23.1 Å². The maximum atomic E-state index is 14.0. The van der Waals surface area contributed by atoms with Crippen LogP contribution in [0.15, 0.2) is 76.1 Å². The second-order valence-electron chi connectivity index (χ2n) is 11.4. The molecule has 0 heterocycles. The van der Waals surface area contributed by atoms with Crippen LogP contribution in [0.25, 0.3) is 11.1 Å². The Labute approximate surface area is 274 Å². The zero-order chi connectivity index (χ0) is 31.7. The van der Waals surface area contributed by atoms with Crippen LogP contribution < -0.4 is 5.32 Å². The van der Waals surface area contributed by atoms with E-state index in [0.29, 0.717) is 35.8 Å². The van der Waals surface area contributed by atoms with Crippen LogP contribution in [-0.4, -0.2) is 54.3 Å². The second-order valence-corrected chi connectivity index (χ2v) is 15.3. The SMILES string of the molecule is CSCC[C@H](NC(=O)c1ccc(CN(CCC2CCCCC2)S(=O)(=O)c2ccc(Br)cc2)cc1-c1ccccc1C)C(=O)O. The number of rotatable bonds is 14. The predicted molar refractivity (Wildman–Crippen MR) is 181 cm³/mol. The topological polar surface area (TPSA) is 104 Å². The van der Waals surface area contributed by atoms with Crippen molar-refractivity contribution in [3.05, 3.63) is 87.9 Å². The Morgan fingerprint density at radius 2 is 1.73 bits per heavy atom. The van der Waals surface area contributed by atoms with E-state index >= 15 is 0 Å². The van der Waals surface area contributed by atoms with Gasteiger partial charge < -0.3 is 10.4 Å². The van der Waals surface area contributed by atoms with E-state index in [0.717, 1.165) is 40.4 Å². The number of carbonyl (C=O) groups is 2. The first-order chi connectivity index (χ1) is 21.1. The summed E-state index contributed by atoms with van der Waals surface area (Å²) in [6, 6.07) is 18.7. The quantitative estimate of drug-likeness (QED) is 0.180. The van der Waals surface area contributed by atoms with E-state index in [1.165, 1.54) is 31.0 Å². The van der Waals surface area contributed by atoms with Gasteiger partial charge >= 0.3 is 5.97 Å². The van der Waals surface area contributed by atoms with Crippen LogP contribution >= 0.6 is 27.7 Å². The van der Waals surface area contributed by atoms with E-state index in [1.807, 2.05) is 43.5 Å². The van der Waals surface area contributed by atoms with Crippen molar-refractivity contribution in [1.29, 1.82) is 0 Å². The molecular weight excluding hydrogens is 660 g/mol. The van der Waals surface area contributed by atoms with Crippen molar-refractivity contribution in [3.8, 4) is 11.1 Å². The number of carboxylic acids is 1. The van der Waals surface area contributed by atoms with Gasteiger partial charge in [0.05, 0.1) is 4.90 Å². The number of halogens is 1. The summed E-state index contributed by atoms with van der Waals surface area (Å²) >= 11 is 4.92. The Bertz CT molecular complexity index is 1540. The van der Waals surface area contributed by atoms with Crippen molar-refractivity contribution in [1.82, 2.24) is 9.62 Å². The summed E-state index contributed by atoms with van der Waals surface area (Å²) in [5.41, 5.74) is 3.53. The zero-order valence-electron chi connectivity index (χ0n) is 25.3. The fourth-order valence-electron chi connectivity index (χ4n) is 5.76. The molecule has 0 radical (unpaired) electrons. The molecule has 3 aromatic rings. The Balaban J connectivity index is 1.70. The lowest BCUT2D eigenvalue weighted by Gasteiger charge is -2.27. The smallest absolute Gasteiger partial charge is 0.326 e. The molecule has 10 heteroatoms. The molecule has 1 amide bonds. The number of benzene rings is 3. The molecule has 1 fully saturated rings. The van der Waals surface area contributed by atoms with Crippen molar-refractivity contribution in [2.75, 3.05) is 18.6 Å². The number of hydrogen-bond donors (Lipinski definition) is 2. The number of aliphatic carboxylic acids is 1. The first-order valence-electron chi connectivity index (χ1n) is 15.1. The number of nitrogens with zero attached hydrogens (tertiary/aromatic N) is 1. The molecule has 7 nitrogen and oxygen atoms in total. The molecule has 0 aliphatic heterocycles. The highest BCUT2D eigenvalue weighted by atomic mass is 79.9. The molecule has 0 unspecified atom stereocenters. The Hall–Kier alpha value is -2.66. The minimum atomic E-state index is -3.80. The summed E-state index contributed by atoms with van der Waals surface area (Å²) in [5, 5.41) is 12.4. The number of carbonyl (C=O) groups excluding carboxylic acids is 1. The van der Waals surface area contributed by atoms with Crippen LogP contribution in [0.5, 0.6) is 0 Å². The fraction of sp³-hybridized carbons (Fsp3) is 0.412. The van der Waals surface area contributed by atoms with Crippen LogP contribution in [0.3, 0.4) is 0 Å². The molecule has 44 heavy (non-hydrogen) atoms. The maximum absolute atomic E-state index is 14.0. The normalized spacial score (nSPS) is 14.8. The zero-order valence-corrected chi connectivity index (χ0v) is 28.5. The fourth-order valence-corrected chi connectivity index (χ4v) is 7.94. The van der Waals surface area contributed by atoms with E-state index in [1.54, 1.807) is 40.7 Å². The Kier molecular flexibility index (Phi) is 12.5. The average molecular weight is 702 g/mol. The monoisotopic (exact) mass is 700 g/mol. The lowest BCUT2D eigenvalue weighted by atomic mass is 9.87. The molecule has 1 aliphatic rings. The molecule has 0 spiro atoms. The second kappa shape index (κ2) is 16.1. The van der Waals surface area contributed by atoms with E-state index < -0.39 is 27.9 Å². The molecule has 236 valence electrons. The number of carboxylic acid groups (broad SMARTS) is 1. The minimum Gasteiger partial charge on any atom is -0.480 e.